The number of alkyl halides is 3. The topological polar surface area (TPSA) is 113 Å². The molecule has 0 bridgehead atoms. The third kappa shape index (κ3) is 9.43. The second-order valence-electron chi connectivity index (χ2n) is 8.92. The van der Waals surface area contributed by atoms with E-state index in [-0.39, 0.29) is 12.2 Å². The summed E-state index contributed by atoms with van der Waals surface area (Å²) < 4.78 is 44.2. The number of carboxylic acids is 1. The van der Waals surface area contributed by atoms with Gasteiger partial charge in [0, 0.05) is 38.1 Å². The Labute approximate surface area is 214 Å². The summed E-state index contributed by atoms with van der Waals surface area (Å²) in [6.45, 7) is 5.77. The summed E-state index contributed by atoms with van der Waals surface area (Å²) in [5.41, 5.74) is 2.31. The molecule has 0 radical (unpaired) electrons. The van der Waals surface area contributed by atoms with Crippen molar-refractivity contribution in [1.82, 2.24) is 19.9 Å². The molecule has 0 saturated heterocycles. The highest BCUT2D eigenvalue weighted by Crippen LogP contribution is 2.26. The predicted octanol–water partition coefficient (Wildman–Crippen LogP) is 3.87. The van der Waals surface area contributed by atoms with E-state index in [0.717, 1.165) is 62.9 Å². The van der Waals surface area contributed by atoms with Gasteiger partial charge < -0.3 is 25.4 Å². The van der Waals surface area contributed by atoms with Gasteiger partial charge in [-0.25, -0.2) is 19.7 Å². The molecule has 1 atom stereocenters. The highest BCUT2D eigenvalue weighted by atomic mass is 19.4. The molecule has 0 saturated carbocycles. The highest BCUT2D eigenvalue weighted by molar-refractivity contribution is 5.76. The number of carboxylic acid groups (broad SMARTS) is 1. The Bertz CT molecular complexity index is 1010. The van der Waals surface area contributed by atoms with E-state index in [2.05, 4.69) is 37.6 Å². The number of aryl methyl sites for hydroxylation is 2. The van der Waals surface area contributed by atoms with E-state index in [9.17, 15) is 23.1 Å². The Morgan fingerprint density at radius 3 is 2.81 bits per heavy atom. The quantitative estimate of drug-likeness (QED) is 0.299. The van der Waals surface area contributed by atoms with Crippen molar-refractivity contribution in [3.63, 3.8) is 0 Å². The number of hydrogen-bond acceptors (Lipinski definition) is 8. The lowest BCUT2D eigenvalue weighted by atomic mass is 10.1. The Hall–Kier alpha value is -2.99. The number of hydrogen-bond donors (Lipinski definition) is 3. The van der Waals surface area contributed by atoms with Gasteiger partial charge in [-0.1, -0.05) is 6.07 Å². The largest absolute Gasteiger partial charge is 0.480 e. The van der Waals surface area contributed by atoms with Crippen molar-refractivity contribution in [2.24, 2.45) is 0 Å². The van der Waals surface area contributed by atoms with E-state index in [1.165, 1.54) is 11.6 Å². The van der Waals surface area contributed by atoms with Crippen molar-refractivity contribution >= 4 is 17.6 Å². The molecule has 0 unspecified atom stereocenters. The number of nitrogens with zero attached hydrogens (tertiary/aromatic N) is 4. The molecule has 0 fully saturated rings. The second-order valence-corrected chi connectivity index (χ2v) is 8.92. The van der Waals surface area contributed by atoms with Crippen LogP contribution in [0.5, 0.6) is 0 Å². The zero-order valence-corrected chi connectivity index (χ0v) is 21.1. The maximum Gasteiger partial charge on any atom is 0.451 e. The summed E-state index contributed by atoms with van der Waals surface area (Å²) in [6, 6.07) is 4.35. The van der Waals surface area contributed by atoms with Crippen LogP contribution in [0.2, 0.25) is 0 Å². The van der Waals surface area contributed by atoms with E-state index in [1.54, 1.807) is 0 Å². The molecule has 3 N–H and O–H groups in total. The Kier molecular flexibility index (Phi) is 10.9. The molecule has 2 aromatic rings. The van der Waals surface area contributed by atoms with Crippen molar-refractivity contribution in [1.29, 1.82) is 0 Å². The van der Waals surface area contributed by atoms with Gasteiger partial charge in [-0.2, -0.15) is 13.2 Å². The van der Waals surface area contributed by atoms with E-state index in [1.807, 2.05) is 6.92 Å². The van der Waals surface area contributed by atoms with E-state index in [4.69, 9.17) is 9.72 Å². The predicted molar refractivity (Wildman–Crippen MR) is 134 cm³/mol. The molecule has 0 spiro atoms. The third-order valence-corrected chi connectivity index (χ3v) is 6.13. The summed E-state index contributed by atoms with van der Waals surface area (Å²) in [6.07, 6.45) is 1.28. The van der Waals surface area contributed by atoms with Crippen LogP contribution in [0.4, 0.5) is 24.8 Å². The number of rotatable bonds is 15. The number of anilines is 2. The molecule has 1 aliphatic rings. The molecule has 204 valence electrons. The van der Waals surface area contributed by atoms with Crippen LogP contribution in [-0.4, -0.2) is 76.4 Å². The molecule has 0 amide bonds. The van der Waals surface area contributed by atoms with Crippen LogP contribution in [0.1, 0.15) is 49.7 Å². The van der Waals surface area contributed by atoms with E-state index >= 15 is 0 Å². The van der Waals surface area contributed by atoms with Gasteiger partial charge in [-0.15, -0.1) is 0 Å². The Morgan fingerprint density at radius 1 is 1.22 bits per heavy atom. The standard InChI is InChI=1S/C25H35F3N6O3/c1-2-37-17-16-34(14-4-3-7-19-9-8-18-6-5-12-29-22(18)31-19)15-11-20(23(35)36)32-21-10-13-30-24(33-21)25(26,27)28/h8-10,13,20H,2-7,11-12,14-17H2,1H3,(H,29,31)(H,35,36)(H,30,32,33)/t20-/m0/s1. The lowest BCUT2D eigenvalue weighted by molar-refractivity contribution is -0.144. The van der Waals surface area contributed by atoms with Gasteiger partial charge in [-0.05, 0) is 69.7 Å². The second kappa shape index (κ2) is 14.1. The summed E-state index contributed by atoms with van der Waals surface area (Å²) >= 11 is 0. The lowest BCUT2D eigenvalue weighted by Gasteiger charge is -2.24. The average molecular weight is 525 g/mol. The summed E-state index contributed by atoms with van der Waals surface area (Å²) in [5.74, 6) is -1.67. The fourth-order valence-corrected chi connectivity index (χ4v) is 4.15. The van der Waals surface area contributed by atoms with Gasteiger partial charge >= 0.3 is 12.1 Å². The van der Waals surface area contributed by atoms with Crippen LogP contribution in [0, 0.1) is 0 Å². The summed E-state index contributed by atoms with van der Waals surface area (Å²) in [5, 5.41) is 15.6. The molecular formula is C25H35F3N6O3. The number of aliphatic carboxylic acids is 1. The van der Waals surface area contributed by atoms with Crippen LogP contribution >= 0.6 is 0 Å². The number of fused-ring (bicyclic) bond motifs is 1. The van der Waals surface area contributed by atoms with Gasteiger partial charge in [0.2, 0.25) is 5.82 Å². The monoisotopic (exact) mass is 524 g/mol. The Balaban J connectivity index is 1.51. The first-order chi connectivity index (χ1) is 17.8. The van der Waals surface area contributed by atoms with E-state index in [0.29, 0.717) is 26.3 Å². The number of halogens is 3. The van der Waals surface area contributed by atoms with Gasteiger partial charge in [0.1, 0.15) is 17.7 Å². The minimum Gasteiger partial charge on any atom is -0.480 e. The molecule has 12 heteroatoms. The zero-order valence-electron chi connectivity index (χ0n) is 21.1. The van der Waals surface area contributed by atoms with Crippen molar-refractivity contribution in [2.75, 3.05) is 50.0 Å². The van der Waals surface area contributed by atoms with Crippen molar-refractivity contribution < 1.29 is 27.8 Å². The summed E-state index contributed by atoms with van der Waals surface area (Å²) in [4.78, 5) is 25.3. The minimum absolute atomic E-state index is 0.178. The summed E-state index contributed by atoms with van der Waals surface area (Å²) in [7, 11) is 0. The maximum atomic E-state index is 12.9. The first-order valence-corrected chi connectivity index (χ1v) is 12.7. The minimum atomic E-state index is -4.71. The van der Waals surface area contributed by atoms with E-state index < -0.39 is 24.0 Å². The number of unbranched alkanes of at least 4 members (excludes halogenated alkanes) is 1. The van der Waals surface area contributed by atoms with Crippen molar-refractivity contribution in [3.05, 3.63) is 41.5 Å². The Morgan fingerprint density at radius 2 is 2.05 bits per heavy atom. The van der Waals surface area contributed by atoms with Crippen LogP contribution in [0.25, 0.3) is 0 Å². The number of ether oxygens (including phenoxy) is 1. The number of pyridine rings is 1. The van der Waals surface area contributed by atoms with Gasteiger partial charge in [0.25, 0.3) is 0 Å². The molecule has 9 nitrogen and oxygen atoms in total. The fraction of sp³-hybridized carbons (Fsp3) is 0.600. The molecular weight excluding hydrogens is 489 g/mol. The average Bonchev–Trinajstić information content (AvgIpc) is 2.88. The maximum absolute atomic E-state index is 12.9. The van der Waals surface area contributed by atoms with Gasteiger partial charge in [0.05, 0.1) is 6.61 Å². The van der Waals surface area contributed by atoms with Crippen LogP contribution in [0.3, 0.4) is 0 Å². The number of aromatic nitrogens is 3. The lowest BCUT2D eigenvalue weighted by Crippen LogP contribution is -2.37. The smallest absolute Gasteiger partial charge is 0.451 e. The molecule has 3 heterocycles. The van der Waals surface area contributed by atoms with Gasteiger partial charge in [0.15, 0.2) is 0 Å². The normalized spacial score (nSPS) is 14.2. The molecule has 1 aliphatic heterocycles. The van der Waals surface area contributed by atoms with Crippen molar-refractivity contribution in [2.45, 2.75) is 57.7 Å². The van der Waals surface area contributed by atoms with Crippen LogP contribution < -0.4 is 10.6 Å². The number of carbonyl (C=O) groups is 1. The van der Waals surface area contributed by atoms with Crippen LogP contribution in [0.15, 0.2) is 24.4 Å². The zero-order chi connectivity index (χ0) is 26.7. The third-order valence-electron chi connectivity index (χ3n) is 6.13. The number of nitrogens with one attached hydrogen (secondary N) is 2. The SMILES string of the molecule is CCOCCN(CCCCc1ccc2c(n1)NCCC2)CC[C@H](Nc1ccnc(C(F)(F)F)n1)C(=O)O. The fourth-order valence-electron chi connectivity index (χ4n) is 4.15. The van der Waals surface area contributed by atoms with Crippen molar-refractivity contribution in [3.8, 4) is 0 Å². The molecule has 0 aromatic carbocycles. The first kappa shape index (κ1) is 28.6. The highest BCUT2D eigenvalue weighted by Gasteiger charge is 2.35. The molecule has 37 heavy (non-hydrogen) atoms. The van der Waals surface area contributed by atoms with Gasteiger partial charge in [-0.3, -0.25) is 0 Å². The molecule has 2 aromatic heterocycles. The first-order valence-electron chi connectivity index (χ1n) is 12.7. The van der Waals surface area contributed by atoms with Crippen LogP contribution in [-0.2, 0) is 28.5 Å². The molecule has 3 rings (SSSR count). The molecule has 0 aliphatic carbocycles.